The lowest BCUT2D eigenvalue weighted by atomic mass is 10.1. The Hall–Kier alpha value is -1.39. The summed E-state index contributed by atoms with van der Waals surface area (Å²) in [5, 5.41) is 3.34. The van der Waals surface area contributed by atoms with E-state index in [1.807, 2.05) is 0 Å². The standard InChI is InChI=1S/C14H10Cl2F3N/c1-7(9-3-2-4-10(15)13(9)16)20-12-6-8(17)5-11(18)14(12)19/h2-7,20H,1H3. The fourth-order valence-electron chi connectivity index (χ4n) is 1.83. The van der Waals surface area contributed by atoms with E-state index in [-0.39, 0.29) is 5.69 Å². The Bertz CT molecular complexity index is 647. The van der Waals surface area contributed by atoms with Crippen molar-refractivity contribution in [3.8, 4) is 0 Å². The molecule has 0 aliphatic carbocycles. The van der Waals surface area contributed by atoms with Crippen LogP contribution < -0.4 is 5.32 Å². The van der Waals surface area contributed by atoms with E-state index in [1.54, 1.807) is 25.1 Å². The molecule has 0 fully saturated rings. The van der Waals surface area contributed by atoms with E-state index >= 15 is 0 Å². The number of anilines is 1. The summed E-state index contributed by atoms with van der Waals surface area (Å²) >= 11 is 11.9. The average molecular weight is 320 g/mol. The SMILES string of the molecule is CC(Nc1cc(F)cc(F)c1F)c1cccc(Cl)c1Cl. The second-order valence-electron chi connectivity index (χ2n) is 4.26. The van der Waals surface area contributed by atoms with Gasteiger partial charge in [0.15, 0.2) is 11.6 Å². The fraction of sp³-hybridized carbons (Fsp3) is 0.143. The lowest BCUT2D eigenvalue weighted by Gasteiger charge is -2.18. The highest BCUT2D eigenvalue weighted by Gasteiger charge is 2.16. The van der Waals surface area contributed by atoms with E-state index in [9.17, 15) is 13.2 Å². The van der Waals surface area contributed by atoms with Crippen LogP contribution in [0.25, 0.3) is 0 Å². The minimum atomic E-state index is -1.25. The van der Waals surface area contributed by atoms with Crippen molar-refractivity contribution in [3.05, 3.63) is 63.4 Å². The Morgan fingerprint density at radius 3 is 2.50 bits per heavy atom. The van der Waals surface area contributed by atoms with Crippen LogP contribution in [0.3, 0.4) is 0 Å². The monoisotopic (exact) mass is 319 g/mol. The topological polar surface area (TPSA) is 12.0 Å². The van der Waals surface area contributed by atoms with Gasteiger partial charge in [0.1, 0.15) is 5.82 Å². The van der Waals surface area contributed by atoms with Crippen LogP contribution in [-0.2, 0) is 0 Å². The Labute approximate surface area is 124 Å². The quantitative estimate of drug-likeness (QED) is 0.728. The van der Waals surface area contributed by atoms with Gasteiger partial charge in [-0.15, -0.1) is 0 Å². The summed E-state index contributed by atoms with van der Waals surface area (Å²) in [6, 6.07) is 5.88. The van der Waals surface area contributed by atoms with Gasteiger partial charge < -0.3 is 5.32 Å². The molecule has 1 atom stereocenters. The van der Waals surface area contributed by atoms with Crippen molar-refractivity contribution in [2.45, 2.75) is 13.0 Å². The van der Waals surface area contributed by atoms with Crippen LogP contribution in [0.4, 0.5) is 18.9 Å². The van der Waals surface area contributed by atoms with Crippen molar-refractivity contribution in [1.82, 2.24) is 0 Å². The summed E-state index contributed by atoms with van der Waals surface area (Å²) in [5.41, 5.74) is 0.328. The van der Waals surface area contributed by atoms with Crippen molar-refractivity contribution < 1.29 is 13.2 Å². The second-order valence-corrected chi connectivity index (χ2v) is 5.04. The van der Waals surface area contributed by atoms with Crippen molar-refractivity contribution in [1.29, 1.82) is 0 Å². The highest BCUT2D eigenvalue weighted by atomic mass is 35.5. The van der Waals surface area contributed by atoms with Crippen LogP contribution in [0.2, 0.25) is 10.0 Å². The second kappa shape index (κ2) is 5.94. The van der Waals surface area contributed by atoms with Crippen molar-refractivity contribution in [3.63, 3.8) is 0 Å². The number of nitrogens with one attached hydrogen (secondary N) is 1. The minimum absolute atomic E-state index is 0.272. The zero-order chi connectivity index (χ0) is 14.9. The molecule has 1 N–H and O–H groups in total. The van der Waals surface area contributed by atoms with Gasteiger partial charge in [0.2, 0.25) is 0 Å². The summed E-state index contributed by atoms with van der Waals surface area (Å²) in [7, 11) is 0. The van der Waals surface area contributed by atoms with Gasteiger partial charge in [0.05, 0.1) is 21.8 Å². The van der Waals surface area contributed by atoms with Gasteiger partial charge in [0.25, 0.3) is 0 Å². The molecule has 2 aromatic rings. The maximum atomic E-state index is 13.6. The molecule has 0 heterocycles. The molecular weight excluding hydrogens is 310 g/mol. The fourth-order valence-corrected chi connectivity index (χ4v) is 2.30. The first-order valence-corrected chi connectivity index (χ1v) is 6.50. The van der Waals surface area contributed by atoms with Crippen molar-refractivity contribution >= 4 is 28.9 Å². The molecule has 2 rings (SSSR count). The molecule has 106 valence electrons. The summed E-state index contributed by atoms with van der Waals surface area (Å²) in [4.78, 5) is 0. The first-order chi connectivity index (χ1) is 9.40. The van der Waals surface area contributed by atoms with Crippen molar-refractivity contribution in [2.24, 2.45) is 0 Å². The summed E-state index contributed by atoms with van der Waals surface area (Å²) in [6.45, 7) is 1.68. The number of hydrogen-bond acceptors (Lipinski definition) is 1. The number of benzene rings is 2. The molecule has 6 heteroatoms. The normalized spacial score (nSPS) is 12.3. The van der Waals surface area contributed by atoms with Crippen LogP contribution in [-0.4, -0.2) is 0 Å². The molecule has 1 nitrogen and oxygen atoms in total. The smallest absolute Gasteiger partial charge is 0.182 e. The molecular formula is C14H10Cl2F3N. The van der Waals surface area contributed by atoms with Gasteiger partial charge in [-0.2, -0.15) is 0 Å². The van der Waals surface area contributed by atoms with Crippen LogP contribution in [0.5, 0.6) is 0 Å². The largest absolute Gasteiger partial charge is 0.376 e. The number of rotatable bonds is 3. The Morgan fingerprint density at radius 2 is 1.80 bits per heavy atom. The molecule has 1 unspecified atom stereocenters. The molecule has 0 aromatic heterocycles. The van der Waals surface area contributed by atoms with Gasteiger partial charge in [-0.05, 0) is 18.6 Å². The minimum Gasteiger partial charge on any atom is -0.376 e. The zero-order valence-electron chi connectivity index (χ0n) is 10.4. The molecule has 0 amide bonds. The van der Waals surface area contributed by atoms with Gasteiger partial charge in [0, 0.05) is 12.1 Å². The van der Waals surface area contributed by atoms with E-state index in [4.69, 9.17) is 23.2 Å². The zero-order valence-corrected chi connectivity index (χ0v) is 11.9. The van der Waals surface area contributed by atoms with Crippen LogP contribution in [0.1, 0.15) is 18.5 Å². The van der Waals surface area contributed by atoms with E-state index in [1.165, 1.54) is 0 Å². The number of halogens is 5. The van der Waals surface area contributed by atoms with E-state index in [2.05, 4.69) is 5.32 Å². The van der Waals surface area contributed by atoms with Gasteiger partial charge in [-0.1, -0.05) is 35.3 Å². The molecule has 0 radical (unpaired) electrons. The Balaban J connectivity index is 2.33. The Morgan fingerprint density at radius 1 is 1.10 bits per heavy atom. The van der Waals surface area contributed by atoms with E-state index < -0.39 is 23.5 Å². The van der Waals surface area contributed by atoms with Gasteiger partial charge >= 0.3 is 0 Å². The molecule has 20 heavy (non-hydrogen) atoms. The van der Waals surface area contributed by atoms with E-state index in [0.29, 0.717) is 21.7 Å². The predicted molar refractivity (Wildman–Crippen MR) is 74.8 cm³/mol. The van der Waals surface area contributed by atoms with E-state index in [0.717, 1.165) is 6.07 Å². The van der Waals surface area contributed by atoms with Crippen LogP contribution in [0, 0.1) is 17.5 Å². The summed E-state index contributed by atoms with van der Waals surface area (Å²) in [6.07, 6.45) is 0. The van der Waals surface area contributed by atoms with Gasteiger partial charge in [-0.25, -0.2) is 13.2 Å². The average Bonchev–Trinajstić information content (AvgIpc) is 2.38. The Kier molecular flexibility index (Phi) is 4.45. The molecule has 0 saturated carbocycles. The highest BCUT2D eigenvalue weighted by molar-refractivity contribution is 6.42. The third-order valence-electron chi connectivity index (χ3n) is 2.81. The molecule has 0 saturated heterocycles. The highest BCUT2D eigenvalue weighted by Crippen LogP contribution is 2.32. The molecule has 0 spiro atoms. The third kappa shape index (κ3) is 3.02. The third-order valence-corrected chi connectivity index (χ3v) is 3.65. The lowest BCUT2D eigenvalue weighted by molar-refractivity contribution is 0.496. The lowest BCUT2D eigenvalue weighted by Crippen LogP contribution is -2.10. The first-order valence-electron chi connectivity index (χ1n) is 5.75. The molecule has 0 aliphatic rings. The predicted octanol–water partition coefficient (Wildman–Crippen LogP) is 5.58. The van der Waals surface area contributed by atoms with Crippen molar-refractivity contribution in [2.75, 3.05) is 5.32 Å². The number of hydrogen-bond donors (Lipinski definition) is 1. The first kappa shape index (κ1) is 15.0. The summed E-state index contributed by atoms with van der Waals surface area (Å²) < 4.78 is 39.8. The molecule has 0 bridgehead atoms. The maximum absolute atomic E-state index is 13.6. The molecule has 0 aliphatic heterocycles. The molecule has 2 aromatic carbocycles. The van der Waals surface area contributed by atoms with Crippen LogP contribution in [0.15, 0.2) is 30.3 Å². The maximum Gasteiger partial charge on any atom is 0.182 e. The van der Waals surface area contributed by atoms with Crippen LogP contribution >= 0.6 is 23.2 Å². The van der Waals surface area contributed by atoms with Gasteiger partial charge in [-0.3, -0.25) is 0 Å². The summed E-state index contributed by atoms with van der Waals surface area (Å²) in [5.74, 6) is -3.26.